The van der Waals surface area contributed by atoms with Crippen molar-refractivity contribution in [2.75, 3.05) is 18.5 Å². The van der Waals surface area contributed by atoms with E-state index in [1.54, 1.807) is 0 Å². The first kappa shape index (κ1) is 15.7. The van der Waals surface area contributed by atoms with E-state index in [1.807, 2.05) is 6.07 Å². The number of ether oxygens (including phenoxy) is 1. The van der Waals surface area contributed by atoms with E-state index in [-0.39, 0.29) is 5.41 Å². The molecule has 0 aliphatic heterocycles. The van der Waals surface area contributed by atoms with Gasteiger partial charge in [0.15, 0.2) is 0 Å². The second-order valence-electron chi connectivity index (χ2n) is 5.79. The van der Waals surface area contributed by atoms with Gasteiger partial charge in [0.2, 0.25) is 5.88 Å². The Labute approximate surface area is 117 Å². The first-order valence-corrected chi connectivity index (χ1v) is 7.23. The molecule has 19 heavy (non-hydrogen) atoms. The van der Waals surface area contributed by atoms with Crippen molar-refractivity contribution in [2.24, 2.45) is 0 Å². The van der Waals surface area contributed by atoms with Crippen molar-refractivity contribution < 1.29 is 4.74 Å². The third-order valence-corrected chi connectivity index (χ3v) is 2.66. The van der Waals surface area contributed by atoms with Crippen molar-refractivity contribution in [3.05, 3.63) is 11.9 Å². The van der Waals surface area contributed by atoms with Crippen LogP contribution in [0.1, 0.15) is 59.7 Å². The Morgan fingerprint density at radius 3 is 2.47 bits per heavy atom. The van der Waals surface area contributed by atoms with Crippen LogP contribution in [0.25, 0.3) is 0 Å². The van der Waals surface area contributed by atoms with Crippen LogP contribution in [-0.2, 0) is 5.41 Å². The minimum Gasteiger partial charge on any atom is -0.478 e. The molecule has 1 aromatic heterocycles. The average molecular weight is 265 g/mol. The quantitative estimate of drug-likeness (QED) is 0.762. The Balaban J connectivity index is 2.89. The van der Waals surface area contributed by atoms with Crippen LogP contribution in [0, 0.1) is 0 Å². The van der Waals surface area contributed by atoms with Crippen molar-refractivity contribution >= 4 is 5.82 Å². The third-order valence-electron chi connectivity index (χ3n) is 2.66. The molecule has 0 aliphatic carbocycles. The van der Waals surface area contributed by atoms with Crippen LogP contribution in [0.15, 0.2) is 6.07 Å². The molecule has 108 valence electrons. The highest BCUT2D eigenvalue weighted by Crippen LogP contribution is 2.23. The maximum absolute atomic E-state index is 5.65. The van der Waals surface area contributed by atoms with Crippen molar-refractivity contribution in [1.29, 1.82) is 0 Å². The molecule has 0 aromatic carbocycles. The van der Waals surface area contributed by atoms with Gasteiger partial charge in [-0.3, -0.25) is 0 Å². The molecule has 1 rings (SSSR count). The van der Waals surface area contributed by atoms with Gasteiger partial charge >= 0.3 is 0 Å². The van der Waals surface area contributed by atoms with Crippen LogP contribution >= 0.6 is 0 Å². The number of hydrogen-bond donors (Lipinski definition) is 1. The lowest BCUT2D eigenvalue weighted by atomic mass is 9.96. The van der Waals surface area contributed by atoms with E-state index in [0.29, 0.717) is 12.5 Å². The molecule has 0 fully saturated rings. The van der Waals surface area contributed by atoms with Gasteiger partial charge in [0.1, 0.15) is 11.6 Å². The first-order chi connectivity index (χ1) is 8.97. The van der Waals surface area contributed by atoms with E-state index in [0.717, 1.165) is 31.0 Å². The first-order valence-electron chi connectivity index (χ1n) is 7.23. The molecular weight excluding hydrogens is 238 g/mol. The summed E-state index contributed by atoms with van der Waals surface area (Å²) in [6.07, 6.45) is 3.29. The Morgan fingerprint density at radius 1 is 1.16 bits per heavy atom. The highest BCUT2D eigenvalue weighted by atomic mass is 16.5. The maximum Gasteiger partial charge on any atom is 0.218 e. The Bertz CT molecular complexity index is 385. The third kappa shape index (κ3) is 5.45. The summed E-state index contributed by atoms with van der Waals surface area (Å²) in [6.45, 7) is 12.2. The van der Waals surface area contributed by atoms with Gasteiger partial charge in [0.25, 0.3) is 0 Å². The predicted octanol–water partition coefficient (Wildman–Crippen LogP) is 3.77. The summed E-state index contributed by atoms with van der Waals surface area (Å²) in [4.78, 5) is 9.08. The Kier molecular flexibility index (Phi) is 6.06. The van der Waals surface area contributed by atoms with Crippen LogP contribution in [0.4, 0.5) is 5.82 Å². The molecule has 0 saturated carbocycles. The van der Waals surface area contributed by atoms with E-state index in [4.69, 9.17) is 4.74 Å². The normalized spacial score (nSPS) is 11.4. The summed E-state index contributed by atoms with van der Waals surface area (Å²) in [6, 6.07) is 1.89. The second-order valence-corrected chi connectivity index (χ2v) is 5.79. The van der Waals surface area contributed by atoms with Crippen LogP contribution in [0.2, 0.25) is 0 Å². The minimum atomic E-state index is -0.0766. The molecule has 0 bridgehead atoms. The maximum atomic E-state index is 5.65. The number of nitrogens with one attached hydrogen (secondary N) is 1. The molecule has 1 N–H and O–H groups in total. The predicted molar refractivity (Wildman–Crippen MR) is 79.9 cm³/mol. The molecule has 0 unspecified atom stereocenters. The molecule has 4 nitrogen and oxygen atoms in total. The summed E-state index contributed by atoms with van der Waals surface area (Å²) in [5.41, 5.74) is -0.0766. The lowest BCUT2D eigenvalue weighted by molar-refractivity contribution is 0.301. The average Bonchev–Trinajstić information content (AvgIpc) is 2.35. The van der Waals surface area contributed by atoms with Gasteiger partial charge < -0.3 is 10.1 Å². The molecule has 0 saturated heterocycles. The summed E-state index contributed by atoms with van der Waals surface area (Å²) >= 11 is 0. The second kappa shape index (κ2) is 7.31. The van der Waals surface area contributed by atoms with E-state index < -0.39 is 0 Å². The fourth-order valence-corrected chi connectivity index (χ4v) is 1.52. The highest BCUT2D eigenvalue weighted by molar-refractivity contribution is 5.39. The van der Waals surface area contributed by atoms with E-state index >= 15 is 0 Å². The smallest absolute Gasteiger partial charge is 0.218 e. The monoisotopic (exact) mass is 265 g/mol. The van der Waals surface area contributed by atoms with Gasteiger partial charge in [-0.2, -0.15) is 4.98 Å². The SMILES string of the molecule is CCCCNc1cc(OCCC)nc(C(C)(C)C)n1. The van der Waals surface area contributed by atoms with Crippen LogP contribution in [0.3, 0.4) is 0 Å². The fourth-order valence-electron chi connectivity index (χ4n) is 1.52. The number of rotatable bonds is 7. The zero-order valence-electron chi connectivity index (χ0n) is 12.9. The number of anilines is 1. The topological polar surface area (TPSA) is 47.0 Å². The van der Waals surface area contributed by atoms with E-state index in [9.17, 15) is 0 Å². The summed E-state index contributed by atoms with van der Waals surface area (Å²) in [5, 5.41) is 3.34. The molecule has 0 atom stereocenters. The van der Waals surface area contributed by atoms with Gasteiger partial charge in [0.05, 0.1) is 6.61 Å². The van der Waals surface area contributed by atoms with E-state index in [2.05, 4.69) is 49.9 Å². The van der Waals surface area contributed by atoms with Crippen molar-refractivity contribution in [3.63, 3.8) is 0 Å². The summed E-state index contributed by atoms with van der Waals surface area (Å²) in [5.74, 6) is 2.35. The van der Waals surface area contributed by atoms with Gasteiger partial charge in [-0.25, -0.2) is 4.98 Å². The number of hydrogen-bond acceptors (Lipinski definition) is 4. The Morgan fingerprint density at radius 2 is 1.89 bits per heavy atom. The van der Waals surface area contributed by atoms with Crippen molar-refractivity contribution in [1.82, 2.24) is 9.97 Å². The molecule has 0 spiro atoms. The number of aromatic nitrogens is 2. The molecular formula is C15H27N3O. The molecule has 4 heteroatoms. The van der Waals surface area contributed by atoms with Crippen LogP contribution in [0.5, 0.6) is 5.88 Å². The minimum absolute atomic E-state index is 0.0766. The largest absolute Gasteiger partial charge is 0.478 e. The lowest BCUT2D eigenvalue weighted by Crippen LogP contribution is -2.18. The van der Waals surface area contributed by atoms with Crippen molar-refractivity contribution in [3.8, 4) is 5.88 Å². The van der Waals surface area contributed by atoms with Crippen LogP contribution < -0.4 is 10.1 Å². The summed E-state index contributed by atoms with van der Waals surface area (Å²) < 4.78 is 5.65. The van der Waals surface area contributed by atoms with Gasteiger partial charge in [0, 0.05) is 18.0 Å². The van der Waals surface area contributed by atoms with Gasteiger partial charge in [-0.1, -0.05) is 41.0 Å². The van der Waals surface area contributed by atoms with Crippen LogP contribution in [-0.4, -0.2) is 23.1 Å². The van der Waals surface area contributed by atoms with Crippen molar-refractivity contribution in [2.45, 2.75) is 59.3 Å². The zero-order valence-corrected chi connectivity index (χ0v) is 12.9. The molecule has 1 heterocycles. The molecule has 0 radical (unpaired) electrons. The number of unbranched alkanes of at least 4 members (excludes halogenated alkanes) is 1. The Hall–Kier alpha value is -1.32. The van der Waals surface area contributed by atoms with Gasteiger partial charge in [-0.15, -0.1) is 0 Å². The summed E-state index contributed by atoms with van der Waals surface area (Å²) in [7, 11) is 0. The molecule has 0 aliphatic rings. The zero-order chi connectivity index (χ0) is 14.3. The standard InChI is InChI=1S/C15H27N3O/c1-6-8-9-16-12-11-13(19-10-7-2)18-14(17-12)15(3,4)5/h11H,6-10H2,1-5H3,(H,16,17,18). The van der Waals surface area contributed by atoms with E-state index in [1.165, 1.54) is 6.42 Å². The highest BCUT2D eigenvalue weighted by Gasteiger charge is 2.19. The van der Waals surface area contributed by atoms with Gasteiger partial charge in [-0.05, 0) is 12.8 Å². The fraction of sp³-hybridized carbons (Fsp3) is 0.733. The molecule has 0 amide bonds. The lowest BCUT2D eigenvalue weighted by Gasteiger charge is -2.19. The number of nitrogens with zero attached hydrogens (tertiary/aromatic N) is 2. The molecule has 1 aromatic rings.